The maximum absolute atomic E-state index is 8.69. The Bertz CT molecular complexity index is 293. The maximum atomic E-state index is 8.69. The maximum Gasteiger partial charge on any atom is 0.137 e. The minimum atomic E-state index is 0.599. The smallest absolute Gasteiger partial charge is 0.137 e. The number of ether oxygens (including phenoxy) is 1. The van der Waals surface area contributed by atoms with E-state index in [-0.39, 0.29) is 0 Å². The lowest BCUT2D eigenvalue weighted by atomic mass is 10.2. The summed E-state index contributed by atoms with van der Waals surface area (Å²) < 4.78 is 6.28. The van der Waals surface area contributed by atoms with Gasteiger partial charge in [-0.1, -0.05) is 34.7 Å². The summed E-state index contributed by atoms with van der Waals surface area (Å²) in [5.41, 5.74) is 0.599. The first-order chi connectivity index (χ1) is 5.88. The zero-order valence-corrected chi connectivity index (χ0v) is 8.61. The second kappa shape index (κ2) is 4.99. The number of para-hydroxylation sites is 1. The highest BCUT2D eigenvalue weighted by Crippen LogP contribution is 2.16. The van der Waals surface area contributed by atoms with Gasteiger partial charge in [-0.2, -0.15) is 5.26 Å². The van der Waals surface area contributed by atoms with E-state index in [1.807, 2.05) is 18.2 Å². The second-order valence-corrected chi connectivity index (χ2v) is 3.22. The van der Waals surface area contributed by atoms with Crippen LogP contribution in [0.25, 0.3) is 0 Å². The Hall–Kier alpha value is -0.760. The molecule has 0 unspecified atom stereocenters. The van der Waals surface area contributed by atoms with E-state index in [4.69, 9.17) is 10.00 Å². The second-order valence-electron chi connectivity index (χ2n) is 2.15. The van der Waals surface area contributed by atoms with Crippen molar-refractivity contribution in [2.45, 2.75) is 0 Å². The van der Waals surface area contributed by atoms with E-state index >= 15 is 0 Å². The number of nitriles is 1. The fourth-order valence-corrected chi connectivity index (χ4v) is 1.05. The third-order valence-electron chi connectivity index (χ3n) is 1.34. The highest BCUT2D eigenvalue weighted by Gasteiger charge is 1.99. The van der Waals surface area contributed by atoms with Crippen molar-refractivity contribution in [2.24, 2.45) is 0 Å². The molecule has 0 aliphatic heterocycles. The summed E-state index contributed by atoms with van der Waals surface area (Å²) in [7, 11) is 0. The van der Waals surface area contributed by atoms with Crippen molar-refractivity contribution in [3.63, 3.8) is 0 Å². The summed E-state index contributed by atoms with van der Waals surface area (Å²) in [4.78, 5) is 0. The Labute approximate surface area is 85.3 Å². The van der Waals surface area contributed by atoms with Crippen LogP contribution in [0.2, 0.25) is 0 Å². The Morgan fingerprint density at radius 3 is 2.83 bits per heavy atom. The molecule has 0 radical (unpaired) electrons. The molecule has 0 aliphatic carbocycles. The topological polar surface area (TPSA) is 33.0 Å². The molecule has 0 amide bonds. The number of nitrogens with zero attached hydrogens (tertiary/aromatic N) is 1. The van der Waals surface area contributed by atoms with Gasteiger partial charge in [-0.15, -0.1) is 0 Å². The van der Waals surface area contributed by atoms with Crippen molar-refractivity contribution >= 4 is 22.6 Å². The number of hydrogen-bond acceptors (Lipinski definition) is 2. The van der Waals surface area contributed by atoms with Crippen molar-refractivity contribution in [3.05, 3.63) is 29.8 Å². The normalized spacial score (nSPS) is 9.00. The molecule has 0 atom stereocenters. The third kappa shape index (κ3) is 2.38. The van der Waals surface area contributed by atoms with Crippen molar-refractivity contribution in [1.82, 2.24) is 0 Å². The fraction of sp³-hybridized carbons (Fsp3) is 0.222. The largest absolute Gasteiger partial charge is 0.491 e. The van der Waals surface area contributed by atoms with E-state index in [2.05, 4.69) is 28.7 Å². The molecule has 2 nitrogen and oxygen atoms in total. The van der Waals surface area contributed by atoms with Crippen LogP contribution in [0, 0.1) is 11.3 Å². The molecule has 0 aliphatic rings. The number of hydrogen-bond donors (Lipinski definition) is 0. The first-order valence-corrected chi connectivity index (χ1v) is 5.09. The molecular formula is C9H8INO. The molecule has 0 saturated carbocycles. The van der Waals surface area contributed by atoms with Crippen molar-refractivity contribution in [1.29, 1.82) is 5.26 Å². The molecule has 0 heterocycles. The molecule has 1 aromatic carbocycles. The molecule has 1 rings (SSSR count). The number of rotatable bonds is 3. The van der Waals surface area contributed by atoms with Gasteiger partial charge in [0, 0.05) is 4.43 Å². The molecule has 0 aromatic heterocycles. The molecular weight excluding hydrogens is 265 g/mol. The van der Waals surface area contributed by atoms with Crippen LogP contribution in [0.5, 0.6) is 5.75 Å². The summed E-state index contributed by atoms with van der Waals surface area (Å²) in [5.74, 6) is 0.677. The van der Waals surface area contributed by atoms with Crippen molar-refractivity contribution < 1.29 is 4.74 Å². The van der Waals surface area contributed by atoms with Crippen molar-refractivity contribution in [2.75, 3.05) is 11.0 Å². The van der Waals surface area contributed by atoms with Gasteiger partial charge in [0.25, 0.3) is 0 Å². The van der Waals surface area contributed by atoms with E-state index < -0.39 is 0 Å². The predicted molar refractivity (Wildman–Crippen MR) is 55.5 cm³/mol. The Balaban J connectivity index is 2.77. The molecule has 0 fully saturated rings. The van der Waals surface area contributed by atoms with E-state index in [0.29, 0.717) is 17.9 Å². The van der Waals surface area contributed by atoms with E-state index in [9.17, 15) is 0 Å². The van der Waals surface area contributed by atoms with Crippen LogP contribution in [0.1, 0.15) is 5.56 Å². The van der Waals surface area contributed by atoms with Gasteiger partial charge in [-0.05, 0) is 12.1 Å². The SMILES string of the molecule is N#Cc1ccccc1OCCI. The molecule has 0 N–H and O–H groups in total. The van der Waals surface area contributed by atoms with Crippen LogP contribution in [0.3, 0.4) is 0 Å². The number of alkyl halides is 1. The molecule has 0 saturated heterocycles. The van der Waals surface area contributed by atoms with Crippen molar-refractivity contribution in [3.8, 4) is 11.8 Å². The van der Waals surface area contributed by atoms with E-state index in [1.54, 1.807) is 6.07 Å². The van der Waals surface area contributed by atoms with Crippen LogP contribution in [-0.4, -0.2) is 11.0 Å². The molecule has 12 heavy (non-hydrogen) atoms. The third-order valence-corrected chi connectivity index (χ3v) is 1.78. The van der Waals surface area contributed by atoms with Gasteiger partial charge in [-0.3, -0.25) is 0 Å². The van der Waals surface area contributed by atoms with E-state index in [0.717, 1.165) is 4.43 Å². The first-order valence-electron chi connectivity index (χ1n) is 3.56. The van der Waals surface area contributed by atoms with Crippen LogP contribution >= 0.6 is 22.6 Å². The minimum absolute atomic E-state index is 0.599. The van der Waals surface area contributed by atoms with Crippen LogP contribution in [0.4, 0.5) is 0 Å². The average Bonchev–Trinajstić information content (AvgIpc) is 2.15. The van der Waals surface area contributed by atoms with Gasteiger partial charge in [0.15, 0.2) is 0 Å². The standard InChI is InChI=1S/C9H8INO/c10-5-6-12-9-4-2-1-3-8(9)7-11/h1-4H,5-6H2. The lowest BCUT2D eigenvalue weighted by molar-refractivity contribution is 0.345. The summed E-state index contributed by atoms with van der Waals surface area (Å²) in [6.45, 7) is 0.652. The molecule has 1 aromatic rings. The quantitative estimate of drug-likeness (QED) is 0.625. The summed E-state index contributed by atoms with van der Waals surface area (Å²) in [6.07, 6.45) is 0. The van der Waals surface area contributed by atoms with Gasteiger partial charge in [0.2, 0.25) is 0 Å². The molecule has 3 heteroatoms. The number of halogens is 1. The first kappa shape index (κ1) is 9.33. The van der Waals surface area contributed by atoms with Crippen LogP contribution in [0.15, 0.2) is 24.3 Å². The molecule has 62 valence electrons. The predicted octanol–water partition coefficient (Wildman–Crippen LogP) is 2.37. The van der Waals surface area contributed by atoms with Gasteiger partial charge in [-0.25, -0.2) is 0 Å². The fourth-order valence-electron chi connectivity index (χ4n) is 0.833. The average molecular weight is 273 g/mol. The highest BCUT2D eigenvalue weighted by molar-refractivity contribution is 14.1. The Kier molecular flexibility index (Phi) is 3.88. The summed E-state index contributed by atoms with van der Waals surface area (Å²) in [6, 6.07) is 9.33. The van der Waals surface area contributed by atoms with Gasteiger partial charge in [0.1, 0.15) is 11.8 Å². The number of benzene rings is 1. The highest BCUT2D eigenvalue weighted by atomic mass is 127. The van der Waals surface area contributed by atoms with Gasteiger partial charge < -0.3 is 4.74 Å². The zero-order chi connectivity index (χ0) is 8.81. The lowest BCUT2D eigenvalue weighted by Gasteiger charge is -2.04. The van der Waals surface area contributed by atoms with Gasteiger partial charge in [0.05, 0.1) is 12.2 Å². The Morgan fingerprint density at radius 1 is 1.42 bits per heavy atom. The van der Waals surface area contributed by atoms with Crippen LogP contribution < -0.4 is 4.74 Å². The monoisotopic (exact) mass is 273 g/mol. The minimum Gasteiger partial charge on any atom is -0.491 e. The lowest BCUT2D eigenvalue weighted by Crippen LogP contribution is -1.98. The molecule has 0 spiro atoms. The molecule has 0 bridgehead atoms. The van der Waals surface area contributed by atoms with E-state index in [1.165, 1.54) is 0 Å². The Morgan fingerprint density at radius 2 is 2.17 bits per heavy atom. The summed E-state index contributed by atoms with van der Waals surface area (Å²) in [5, 5.41) is 8.69. The zero-order valence-electron chi connectivity index (χ0n) is 6.46. The summed E-state index contributed by atoms with van der Waals surface area (Å²) >= 11 is 2.23. The van der Waals surface area contributed by atoms with Crippen LogP contribution in [-0.2, 0) is 0 Å². The van der Waals surface area contributed by atoms with Gasteiger partial charge >= 0.3 is 0 Å².